The molecular formula is C31H48OS. The van der Waals surface area contributed by atoms with Gasteiger partial charge >= 0.3 is 0 Å². The van der Waals surface area contributed by atoms with E-state index in [0.29, 0.717) is 0 Å². The number of rotatable bonds is 20. The molecule has 0 heterocycles. The number of benzene rings is 2. The summed E-state index contributed by atoms with van der Waals surface area (Å²) in [6, 6.07) is 17.6. The molecule has 2 heteroatoms. The molecule has 2 aromatic rings. The molecule has 0 unspecified atom stereocenters. The third kappa shape index (κ3) is 13.2. The highest BCUT2D eigenvalue weighted by Gasteiger charge is 2.01. The first kappa shape index (κ1) is 27.8. The van der Waals surface area contributed by atoms with Crippen molar-refractivity contribution in [1.82, 2.24) is 0 Å². The standard InChI is InChI=1S/C31H48OS/c1-3-5-7-9-11-12-13-15-17-27-33-31-24-20-29(21-25-31)28-18-22-30(23-19-28)32-26-16-14-10-8-6-4-2/h18-25H,3-17,26-27H2,1-2H3. The summed E-state index contributed by atoms with van der Waals surface area (Å²) in [5, 5.41) is 0. The van der Waals surface area contributed by atoms with E-state index in [-0.39, 0.29) is 0 Å². The molecular weight excluding hydrogens is 420 g/mol. The maximum Gasteiger partial charge on any atom is 0.119 e. The van der Waals surface area contributed by atoms with Gasteiger partial charge in [-0.25, -0.2) is 0 Å². The summed E-state index contributed by atoms with van der Waals surface area (Å²) in [4.78, 5) is 1.39. The number of ether oxygens (including phenoxy) is 1. The van der Waals surface area contributed by atoms with Crippen LogP contribution in [-0.4, -0.2) is 12.4 Å². The molecule has 0 N–H and O–H groups in total. The zero-order chi connectivity index (χ0) is 23.4. The molecule has 1 nitrogen and oxygen atoms in total. The van der Waals surface area contributed by atoms with Crippen LogP contribution in [0.25, 0.3) is 11.1 Å². The first-order chi connectivity index (χ1) is 16.3. The van der Waals surface area contributed by atoms with E-state index in [9.17, 15) is 0 Å². The highest BCUT2D eigenvalue weighted by molar-refractivity contribution is 7.99. The van der Waals surface area contributed by atoms with Crippen LogP contribution in [0.1, 0.15) is 110 Å². The van der Waals surface area contributed by atoms with Crippen molar-refractivity contribution in [2.24, 2.45) is 0 Å². The molecule has 0 aliphatic carbocycles. The monoisotopic (exact) mass is 468 g/mol. The topological polar surface area (TPSA) is 9.23 Å². The quantitative estimate of drug-likeness (QED) is 0.141. The fraction of sp³-hybridized carbons (Fsp3) is 0.613. The second-order valence-electron chi connectivity index (χ2n) is 9.34. The number of hydrogen-bond donors (Lipinski definition) is 0. The molecule has 0 saturated heterocycles. The lowest BCUT2D eigenvalue weighted by atomic mass is 10.1. The van der Waals surface area contributed by atoms with Crippen molar-refractivity contribution < 1.29 is 4.74 Å². The normalized spacial score (nSPS) is 11.1. The van der Waals surface area contributed by atoms with E-state index in [1.807, 2.05) is 11.8 Å². The largest absolute Gasteiger partial charge is 0.494 e. The van der Waals surface area contributed by atoms with Crippen molar-refractivity contribution in [2.75, 3.05) is 12.4 Å². The molecule has 0 aromatic heterocycles. The van der Waals surface area contributed by atoms with Gasteiger partial charge in [-0.3, -0.25) is 0 Å². The van der Waals surface area contributed by atoms with Crippen molar-refractivity contribution >= 4 is 11.8 Å². The molecule has 0 atom stereocenters. The van der Waals surface area contributed by atoms with Gasteiger partial charge in [0.05, 0.1) is 6.61 Å². The lowest BCUT2D eigenvalue weighted by molar-refractivity contribution is 0.304. The van der Waals surface area contributed by atoms with Crippen LogP contribution >= 0.6 is 11.8 Å². The molecule has 184 valence electrons. The van der Waals surface area contributed by atoms with Crippen LogP contribution in [0.3, 0.4) is 0 Å². The summed E-state index contributed by atoms with van der Waals surface area (Å²) >= 11 is 2.00. The van der Waals surface area contributed by atoms with Crippen molar-refractivity contribution in [3.8, 4) is 16.9 Å². The Labute approximate surface area is 209 Å². The summed E-state index contributed by atoms with van der Waals surface area (Å²) in [6.45, 7) is 5.38. The average molecular weight is 469 g/mol. The van der Waals surface area contributed by atoms with Crippen LogP contribution in [0.4, 0.5) is 0 Å². The first-order valence-corrected chi connectivity index (χ1v) is 14.8. The SMILES string of the molecule is CCCCCCCCCCCSc1ccc(-c2ccc(OCCCCCCCC)cc2)cc1. The van der Waals surface area contributed by atoms with Crippen molar-refractivity contribution in [2.45, 2.75) is 115 Å². The van der Waals surface area contributed by atoms with E-state index >= 15 is 0 Å². The van der Waals surface area contributed by atoms with Gasteiger partial charge in [-0.05, 0) is 54.0 Å². The number of hydrogen-bond acceptors (Lipinski definition) is 2. The van der Waals surface area contributed by atoms with E-state index in [4.69, 9.17) is 4.74 Å². The second-order valence-corrected chi connectivity index (χ2v) is 10.5. The number of unbranched alkanes of at least 4 members (excludes halogenated alkanes) is 13. The van der Waals surface area contributed by atoms with Crippen LogP contribution in [0.2, 0.25) is 0 Å². The Morgan fingerprint density at radius 3 is 1.52 bits per heavy atom. The minimum absolute atomic E-state index is 0.830. The predicted molar refractivity (Wildman–Crippen MR) is 149 cm³/mol. The summed E-state index contributed by atoms with van der Waals surface area (Å²) in [6.07, 6.45) is 20.4. The Hall–Kier alpha value is -1.41. The zero-order valence-electron chi connectivity index (χ0n) is 21.5. The summed E-state index contributed by atoms with van der Waals surface area (Å²) in [7, 11) is 0. The summed E-state index contributed by atoms with van der Waals surface area (Å²) in [5.74, 6) is 2.22. The smallest absolute Gasteiger partial charge is 0.119 e. The maximum atomic E-state index is 5.92. The molecule has 0 aliphatic heterocycles. The summed E-state index contributed by atoms with van der Waals surface area (Å²) in [5.41, 5.74) is 2.54. The Kier molecular flexibility index (Phi) is 16.0. The maximum absolute atomic E-state index is 5.92. The third-order valence-corrected chi connectivity index (χ3v) is 7.42. The molecule has 0 bridgehead atoms. The summed E-state index contributed by atoms with van der Waals surface area (Å²) < 4.78 is 5.92. The zero-order valence-corrected chi connectivity index (χ0v) is 22.3. The molecule has 0 aliphatic rings. The highest BCUT2D eigenvalue weighted by atomic mass is 32.2. The number of thioether (sulfide) groups is 1. The van der Waals surface area contributed by atoms with Gasteiger partial charge in [-0.2, -0.15) is 0 Å². The molecule has 0 amide bonds. The molecule has 2 rings (SSSR count). The van der Waals surface area contributed by atoms with Crippen LogP contribution in [-0.2, 0) is 0 Å². The Balaban J connectivity index is 1.58. The Morgan fingerprint density at radius 1 is 0.515 bits per heavy atom. The van der Waals surface area contributed by atoms with Gasteiger partial charge in [0.2, 0.25) is 0 Å². The second kappa shape index (κ2) is 19.0. The van der Waals surface area contributed by atoms with Gasteiger partial charge in [0.25, 0.3) is 0 Å². The molecule has 0 radical (unpaired) electrons. The molecule has 0 fully saturated rings. The van der Waals surface area contributed by atoms with Gasteiger partial charge in [0.1, 0.15) is 5.75 Å². The van der Waals surface area contributed by atoms with Crippen molar-refractivity contribution in [3.63, 3.8) is 0 Å². The van der Waals surface area contributed by atoms with Gasteiger partial charge in [-0.15, -0.1) is 11.8 Å². The highest BCUT2D eigenvalue weighted by Crippen LogP contribution is 2.26. The van der Waals surface area contributed by atoms with E-state index in [2.05, 4.69) is 62.4 Å². The van der Waals surface area contributed by atoms with E-state index in [1.54, 1.807) is 0 Å². The average Bonchev–Trinajstić information content (AvgIpc) is 2.85. The minimum atomic E-state index is 0.830. The molecule has 33 heavy (non-hydrogen) atoms. The minimum Gasteiger partial charge on any atom is -0.494 e. The molecule has 0 saturated carbocycles. The van der Waals surface area contributed by atoms with Crippen LogP contribution in [0, 0.1) is 0 Å². The van der Waals surface area contributed by atoms with Crippen LogP contribution in [0.5, 0.6) is 5.75 Å². The predicted octanol–water partition coefficient (Wildman–Crippen LogP) is 10.7. The molecule has 2 aromatic carbocycles. The van der Waals surface area contributed by atoms with E-state index in [1.165, 1.54) is 112 Å². The van der Waals surface area contributed by atoms with Gasteiger partial charge in [-0.1, -0.05) is 122 Å². The van der Waals surface area contributed by atoms with E-state index < -0.39 is 0 Å². The van der Waals surface area contributed by atoms with Gasteiger partial charge in [0, 0.05) is 4.90 Å². The third-order valence-electron chi connectivity index (χ3n) is 6.33. The lowest BCUT2D eigenvalue weighted by Gasteiger charge is -2.08. The van der Waals surface area contributed by atoms with Crippen LogP contribution in [0.15, 0.2) is 53.4 Å². The molecule has 0 spiro atoms. The van der Waals surface area contributed by atoms with Crippen LogP contribution < -0.4 is 4.74 Å². The van der Waals surface area contributed by atoms with Gasteiger partial charge < -0.3 is 4.74 Å². The lowest BCUT2D eigenvalue weighted by Crippen LogP contribution is -1.97. The Morgan fingerprint density at radius 2 is 0.970 bits per heavy atom. The fourth-order valence-electron chi connectivity index (χ4n) is 4.16. The first-order valence-electron chi connectivity index (χ1n) is 13.8. The fourth-order valence-corrected chi connectivity index (χ4v) is 5.08. The van der Waals surface area contributed by atoms with E-state index in [0.717, 1.165) is 18.8 Å². The Bertz CT molecular complexity index is 692. The van der Waals surface area contributed by atoms with Crippen molar-refractivity contribution in [3.05, 3.63) is 48.5 Å². The van der Waals surface area contributed by atoms with Gasteiger partial charge in [0.15, 0.2) is 0 Å². The van der Waals surface area contributed by atoms with Crippen molar-refractivity contribution in [1.29, 1.82) is 0 Å².